The van der Waals surface area contributed by atoms with Gasteiger partial charge in [-0.1, -0.05) is 98.9 Å². The summed E-state index contributed by atoms with van der Waals surface area (Å²) in [6.45, 7) is 11.3. The van der Waals surface area contributed by atoms with Crippen molar-refractivity contribution in [3.8, 4) is 0 Å². The predicted molar refractivity (Wildman–Crippen MR) is 97.0 cm³/mol. The molecule has 0 spiro atoms. The summed E-state index contributed by atoms with van der Waals surface area (Å²) >= 11 is 10.9. The average Bonchev–Trinajstić information content (AvgIpc) is 2.24. The molecule has 0 radical (unpaired) electrons. The molecule has 1 atom stereocenters. The second-order valence-corrected chi connectivity index (χ2v) is 17.9. The van der Waals surface area contributed by atoms with Crippen molar-refractivity contribution in [3.05, 3.63) is 35.9 Å². The Morgan fingerprint density at radius 3 is 1.84 bits per heavy atom. The average molecular weight is 473 g/mol. The van der Waals surface area contributed by atoms with Gasteiger partial charge in [-0.2, -0.15) is 0 Å². The van der Waals surface area contributed by atoms with E-state index in [1.54, 1.807) is 0 Å². The van der Waals surface area contributed by atoms with Crippen molar-refractivity contribution in [2.75, 3.05) is 0 Å². The highest BCUT2D eigenvalue weighted by atomic mass is 80.0. The fourth-order valence-electron chi connectivity index (χ4n) is 1.42. The first-order valence-corrected chi connectivity index (χ1v) is 11.5. The molecule has 0 N–H and O–H groups in total. The lowest BCUT2D eigenvalue weighted by Gasteiger charge is -2.41. The summed E-state index contributed by atoms with van der Waals surface area (Å²) in [4.78, 5) is 0. The molecule has 0 saturated heterocycles. The lowest BCUT2D eigenvalue weighted by molar-refractivity contribution is 0.197. The van der Waals surface area contributed by atoms with Gasteiger partial charge in [0.2, 0.25) is 0 Å². The number of halogens is 3. The minimum Gasteiger partial charge on any atom is -0.407 e. The number of benzene rings is 1. The van der Waals surface area contributed by atoms with Gasteiger partial charge >= 0.3 is 0 Å². The minimum absolute atomic E-state index is 0.0883. The molecule has 0 aliphatic heterocycles. The van der Waals surface area contributed by atoms with Crippen LogP contribution in [0.2, 0.25) is 18.1 Å². The van der Waals surface area contributed by atoms with Gasteiger partial charge in [0.25, 0.3) is 0 Å². The van der Waals surface area contributed by atoms with Gasteiger partial charge in [-0.05, 0) is 23.7 Å². The summed E-state index contributed by atoms with van der Waals surface area (Å²) < 4.78 is 6.10. The van der Waals surface area contributed by atoms with Crippen LogP contribution in [0.15, 0.2) is 30.3 Å². The molecule has 1 nitrogen and oxygen atoms in total. The zero-order valence-electron chi connectivity index (χ0n) is 12.0. The third-order valence-corrected chi connectivity index (χ3v) is 9.30. The lowest BCUT2D eigenvalue weighted by atomic mass is 10.1. The van der Waals surface area contributed by atoms with Crippen LogP contribution >= 0.6 is 47.8 Å². The lowest BCUT2D eigenvalue weighted by Crippen LogP contribution is -2.43. The Labute approximate surface area is 143 Å². The van der Waals surface area contributed by atoms with Crippen molar-refractivity contribution in [2.24, 2.45) is 0 Å². The molecule has 19 heavy (non-hydrogen) atoms. The Hall–Kier alpha value is 0.837. The van der Waals surface area contributed by atoms with E-state index in [0.717, 1.165) is 5.56 Å². The Balaban J connectivity index is 3.09. The van der Waals surface area contributed by atoms with Crippen LogP contribution in [0.25, 0.3) is 0 Å². The van der Waals surface area contributed by atoms with Crippen LogP contribution in [-0.2, 0) is 4.43 Å². The SMILES string of the molecule is CC(C)(C)[Si](C)(C)OC(c1ccccc1)C(Br)(Br)Br. The maximum absolute atomic E-state index is 6.55. The molecule has 0 fully saturated rings. The molecule has 0 aliphatic carbocycles. The predicted octanol–water partition coefficient (Wildman–Crippen LogP) is 6.59. The minimum atomic E-state index is -1.85. The van der Waals surface area contributed by atoms with Crippen molar-refractivity contribution in [1.29, 1.82) is 0 Å². The molecule has 1 aromatic rings. The number of alkyl halides is 3. The summed E-state index contributed by atoms with van der Waals surface area (Å²) in [5.74, 6) is 0. The van der Waals surface area contributed by atoms with Crippen LogP contribution in [0, 0.1) is 0 Å². The van der Waals surface area contributed by atoms with Gasteiger partial charge in [-0.3, -0.25) is 0 Å². The van der Waals surface area contributed by atoms with E-state index >= 15 is 0 Å². The van der Waals surface area contributed by atoms with E-state index in [4.69, 9.17) is 4.43 Å². The van der Waals surface area contributed by atoms with Crippen LogP contribution in [0.4, 0.5) is 0 Å². The van der Waals surface area contributed by atoms with E-state index in [1.807, 2.05) is 18.2 Å². The molecule has 1 unspecified atom stereocenters. The van der Waals surface area contributed by atoms with Crippen molar-refractivity contribution >= 4 is 56.1 Å². The number of rotatable bonds is 3. The first-order valence-electron chi connectivity index (χ1n) is 6.24. The van der Waals surface area contributed by atoms with Gasteiger partial charge in [0.05, 0.1) is 0 Å². The Bertz CT molecular complexity index is 407. The fraction of sp³-hybridized carbons (Fsp3) is 0.571. The van der Waals surface area contributed by atoms with Crippen LogP contribution < -0.4 is 0 Å². The molecular weight excluding hydrogens is 452 g/mol. The van der Waals surface area contributed by atoms with E-state index in [1.165, 1.54) is 0 Å². The highest BCUT2D eigenvalue weighted by molar-refractivity contribution is 9.39. The van der Waals surface area contributed by atoms with Crippen LogP contribution in [0.3, 0.4) is 0 Å². The quantitative estimate of drug-likeness (QED) is 0.356. The van der Waals surface area contributed by atoms with E-state index in [0.29, 0.717) is 0 Å². The summed E-state index contributed by atoms with van der Waals surface area (Å²) in [6, 6.07) is 10.3. The normalized spacial score (nSPS) is 15.4. The van der Waals surface area contributed by atoms with Gasteiger partial charge < -0.3 is 4.43 Å². The Morgan fingerprint density at radius 2 is 1.47 bits per heavy atom. The molecule has 5 heteroatoms. The number of hydrogen-bond acceptors (Lipinski definition) is 1. The summed E-state index contributed by atoms with van der Waals surface area (Å²) in [5, 5.41) is 0.179. The molecule has 1 rings (SSSR count). The van der Waals surface area contributed by atoms with Crippen LogP contribution in [0.5, 0.6) is 0 Å². The third kappa shape index (κ3) is 4.95. The van der Waals surface area contributed by atoms with Gasteiger partial charge in [-0.25, -0.2) is 0 Å². The van der Waals surface area contributed by atoms with Gasteiger partial charge in [0, 0.05) is 0 Å². The topological polar surface area (TPSA) is 9.23 Å². The molecule has 1 aromatic carbocycles. The van der Waals surface area contributed by atoms with Gasteiger partial charge in [-0.15, -0.1) is 0 Å². The van der Waals surface area contributed by atoms with E-state index in [9.17, 15) is 0 Å². The largest absolute Gasteiger partial charge is 0.407 e. The van der Waals surface area contributed by atoms with E-state index in [-0.39, 0.29) is 11.1 Å². The van der Waals surface area contributed by atoms with Crippen molar-refractivity contribution in [1.82, 2.24) is 0 Å². The molecule has 0 aliphatic rings. The standard InChI is InChI=1S/C14H21Br3OSi/c1-13(2,3)19(4,5)18-12(14(15,16)17)11-9-7-6-8-10-11/h6-10,12H,1-5H3. The highest BCUT2D eigenvalue weighted by Crippen LogP contribution is 2.50. The monoisotopic (exact) mass is 470 g/mol. The van der Waals surface area contributed by atoms with Crippen molar-refractivity contribution in [2.45, 2.75) is 47.2 Å². The third-order valence-electron chi connectivity index (χ3n) is 3.62. The van der Waals surface area contributed by atoms with Crippen LogP contribution in [-0.4, -0.2) is 10.5 Å². The molecule has 0 bridgehead atoms. The summed E-state index contributed by atoms with van der Waals surface area (Å²) in [7, 11) is -1.85. The summed E-state index contributed by atoms with van der Waals surface area (Å²) in [5.41, 5.74) is 1.15. The first-order chi connectivity index (χ1) is 8.45. The molecule has 108 valence electrons. The Kier molecular flexibility index (Phi) is 5.93. The maximum Gasteiger partial charge on any atom is 0.193 e. The van der Waals surface area contributed by atoms with Crippen LogP contribution in [0.1, 0.15) is 32.4 Å². The molecular formula is C14H21Br3OSi. The molecule has 0 aromatic heterocycles. The van der Waals surface area contributed by atoms with E-state index < -0.39 is 10.5 Å². The molecule has 0 amide bonds. The zero-order valence-corrected chi connectivity index (χ0v) is 17.8. The first kappa shape index (κ1) is 17.9. The van der Waals surface area contributed by atoms with Crippen molar-refractivity contribution in [3.63, 3.8) is 0 Å². The highest BCUT2D eigenvalue weighted by Gasteiger charge is 2.44. The second-order valence-electron chi connectivity index (χ2n) is 6.21. The second kappa shape index (κ2) is 6.30. The van der Waals surface area contributed by atoms with Gasteiger partial charge in [0.15, 0.2) is 10.5 Å². The fourth-order valence-corrected chi connectivity index (χ4v) is 4.27. The van der Waals surface area contributed by atoms with Crippen molar-refractivity contribution < 1.29 is 4.43 Å². The zero-order chi connectivity index (χ0) is 14.9. The smallest absolute Gasteiger partial charge is 0.193 e. The maximum atomic E-state index is 6.55. The number of hydrogen-bond donors (Lipinski definition) is 0. The summed E-state index contributed by atoms with van der Waals surface area (Å²) in [6.07, 6.45) is -0.0883. The molecule has 0 heterocycles. The van der Waals surface area contributed by atoms with Gasteiger partial charge in [0.1, 0.15) is 6.10 Å². The Morgan fingerprint density at radius 1 is 1.00 bits per heavy atom. The molecule has 0 saturated carbocycles. The van der Waals surface area contributed by atoms with E-state index in [2.05, 4.69) is 93.8 Å².